The molecule has 0 aliphatic carbocycles. The number of nitrogens with zero attached hydrogens (tertiary/aromatic N) is 4. The highest BCUT2D eigenvalue weighted by Crippen LogP contribution is 2.33. The average Bonchev–Trinajstić information content (AvgIpc) is 3.02. The molecule has 0 atom stereocenters. The van der Waals surface area contributed by atoms with E-state index >= 15 is 0 Å². The number of imidazole rings is 1. The molecule has 6 nitrogen and oxygen atoms in total. The maximum absolute atomic E-state index is 12.1. The zero-order chi connectivity index (χ0) is 18.1. The molecular weight excluding hydrogens is 316 g/mol. The van der Waals surface area contributed by atoms with Crippen molar-refractivity contribution in [3.63, 3.8) is 0 Å². The highest BCUT2D eigenvalue weighted by Gasteiger charge is 2.44. The number of piperidine rings is 2. The number of hydrogen-bond acceptors (Lipinski definition) is 4. The fourth-order valence-electron chi connectivity index (χ4n) is 4.62. The fourth-order valence-corrected chi connectivity index (χ4v) is 4.62. The number of carbonyl (C=O) groups is 1. The summed E-state index contributed by atoms with van der Waals surface area (Å²) in [6.45, 7) is 11.6. The standard InChI is InChI=1S/C19H32N4O2/c1-16-20-9-14-23(16)19(17(24)25)7-12-21(13-8-19)15-18(2,3)22-10-5-4-6-11-22/h9,14H,4-8,10-13,15H2,1-3H3,(H,24,25). The summed E-state index contributed by atoms with van der Waals surface area (Å²) in [5.74, 6) is 0.0491. The Labute approximate surface area is 150 Å². The van der Waals surface area contributed by atoms with Crippen LogP contribution in [-0.4, -0.2) is 68.7 Å². The minimum absolute atomic E-state index is 0.147. The van der Waals surface area contributed by atoms with E-state index in [9.17, 15) is 9.90 Å². The molecule has 0 bridgehead atoms. The van der Waals surface area contributed by atoms with Gasteiger partial charge < -0.3 is 14.6 Å². The molecule has 0 radical (unpaired) electrons. The lowest BCUT2D eigenvalue weighted by atomic mass is 9.86. The van der Waals surface area contributed by atoms with Gasteiger partial charge >= 0.3 is 5.97 Å². The first-order valence-electron chi connectivity index (χ1n) is 9.56. The summed E-state index contributed by atoms with van der Waals surface area (Å²) in [5.41, 5.74) is -0.694. The minimum Gasteiger partial charge on any atom is -0.479 e. The quantitative estimate of drug-likeness (QED) is 0.885. The van der Waals surface area contributed by atoms with Crippen LogP contribution in [-0.2, 0) is 10.3 Å². The van der Waals surface area contributed by atoms with Gasteiger partial charge in [0, 0.05) is 37.6 Å². The van der Waals surface area contributed by atoms with Crippen LogP contribution in [0.3, 0.4) is 0 Å². The molecule has 6 heteroatoms. The van der Waals surface area contributed by atoms with Crippen molar-refractivity contribution in [3.8, 4) is 0 Å². The molecule has 1 aromatic heterocycles. The van der Waals surface area contributed by atoms with Crippen LogP contribution < -0.4 is 0 Å². The van der Waals surface area contributed by atoms with Crippen molar-refractivity contribution in [1.29, 1.82) is 0 Å². The number of aryl methyl sites for hydroxylation is 1. The maximum atomic E-state index is 12.1. The van der Waals surface area contributed by atoms with E-state index in [1.54, 1.807) is 6.20 Å². The highest BCUT2D eigenvalue weighted by atomic mass is 16.4. The average molecular weight is 348 g/mol. The maximum Gasteiger partial charge on any atom is 0.330 e. The zero-order valence-corrected chi connectivity index (χ0v) is 15.9. The van der Waals surface area contributed by atoms with Gasteiger partial charge in [0.05, 0.1) is 0 Å². The molecule has 3 rings (SSSR count). The Kier molecular flexibility index (Phi) is 5.21. The van der Waals surface area contributed by atoms with Crippen LogP contribution in [0.5, 0.6) is 0 Å². The second-order valence-corrected chi connectivity index (χ2v) is 8.32. The zero-order valence-electron chi connectivity index (χ0n) is 15.9. The number of rotatable bonds is 5. The first-order valence-corrected chi connectivity index (χ1v) is 9.56. The van der Waals surface area contributed by atoms with E-state index in [1.165, 1.54) is 32.4 Å². The van der Waals surface area contributed by atoms with Gasteiger partial charge in [-0.2, -0.15) is 0 Å². The minimum atomic E-state index is -0.841. The molecule has 2 saturated heterocycles. The van der Waals surface area contributed by atoms with E-state index in [-0.39, 0.29) is 5.54 Å². The summed E-state index contributed by atoms with van der Waals surface area (Å²) >= 11 is 0. The highest BCUT2D eigenvalue weighted by molar-refractivity contribution is 5.77. The van der Waals surface area contributed by atoms with Crippen LogP contribution in [0.15, 0.2) is 12.4 Å². The predicted octanol–water partition coefficient (Wildman–Crippen LogP) is 2.33. The molecule has 0 spiro atoms. The van der Waals surface area contributed by atoms with E-state index in [0.717, 1.165) is 25.5 Å². The van der Waals surface area contributed by atoms with Gasteiger partial charge in [-0.15, -0.1) is 0 Å². The molecule has 0 saturated carbocycles. The molecule has 0 aromatic carbocycles. The summed E-state index contributed by atoms with van der Waals surface area (Å²) in [6, 6.07) is 0. The number of aromatic nitrogens is 2. The number of aliphatic carboxylic acids is 1. The van der Waals surface area contributed by atoms with Gasteiger partial charge in [0.2, 0.25) is 0 Å². The number of carboxylic acid groups (broad SMARTS) is 1. The van der Waals surface area contributed by atoms with Crippen LogP contribution in [0.1, 0.15) is 51.8 Å². The summed E-state index contributed by atoms with van der Waals surface area (Å²) < 4.78 is 1.86. The van der Waals surface area contributed by atoms with Crippen LogP contribution in [0.4, 0.5) is 0 Å². The second kappa shape index (κ2) is 7.08. The third-order valence-corrected chi connectivity index (χ3v) is 6.19. The lowest BCUT2D eigenvalue weighted by Crippen LogP contribution is -2.57. The van der Waals surface area contributed by atoms with Crippen molar-refractivity contribution in [1.82, 2.24) is 19.4 Å². The lowest BCUT2D eigenvalue weighted by Gasteiger charge is -2.46. The SMILES string of the molecule is Cc1nccn1C1(C(=O)O)CCN(CC(C)(C)N2CCCCC2)CC1. The number of likely N-dealkylation sites (tertiary alicyclic amines) is 2. The number of hydrogen-bond donors (Lipinski definition) is 1. The molecular formula is C19H32N4O2. The van der Waals surface area contributed by atoms with Gasteiger partial charge in [0.25, 0.3) is 0 Å². The summed E-state index contributed by atoms with van der Waals surface area (Å²) in [7, 11) is 0. The molecule has 1 aromatic rings. The van der Waals surface area contributed by atoms with Crippen molar-refractivity contribution in [3.05, 3.63) is 18.2 Å². The van der Waals surface area contributed by atoms with E-state index in [1.807, 2.05) is 17.7 Å². The van der Waals surface area contributed by atoms with E-state index < -0.39 is 11.5 Å². The van der Waals surface area contributed by atoms with Crippen molar-refractivity contribution >= 4 is 5.97 Å². The van der Waals surface area contributed by atoms with Gasteiger partial charge in [-0.1, -0.05) is 6.42 Å². The third kappa shape index (κ3) is 3.60. The Morgan fingerprint density at radius 1 is 1.20 bits per heavy atom. The largest absolute Gasteiger partial charge is 0.479 e. The smallest absolute Gasteiger partial charge is 0.330 e. The van der Waals surface area contributed by atoms with Crippen LogP contribution in [0.2, 0.25) is 0 Å². The van der Waals surface area contributed by atoms with Crippen LogP contribution in [0, 0.1) is 6.92 Å². The Hall–Kier alpha value is -1.40. The normalized spacial score (nSPS) is 22.8. The summed E-state index contributed by atoms with van der Waals surface area (Å²) in [6.07, 6.45) is 8.73. The topological polar surface area (TPSA) is 61.6 Å². The Morgan fingerprint density at radius 3 is 2.36 bits per heavy atom. The Balaban J connectivity index is 1.66. The molecule has 3 heterocycles. The molecule has 2 aliphatic heterocycles. The molecule has 2 aliphatic rings. The number of carboxylic acids is 1. The first kappa shape index (κ1) is 18.4. The van der Waals surface area contributed by atoms with Crippen molar-refractivity contribution in [2.24, 2.45) is 0 Å². The van der Waals surface area contributed by atoms with E-state index in [4.69, 9.17) is 0 Å². The van der Waals surface area contributed by atoms with Crippen molar-refractivity contribution in [2.45, 2.75) is 64.0 Å². The third-order valence-electron chi connectivity index (χ3n) is 6.19. The Morgan fingerprint density at radius 2 is 1.84 bits per heavy atom. The van der Waals surface area contributed by atoms with Gasteiger partial charge in [-0.25, -0.2) is 9.78 Å². The van der Waals surface area contributed by atoms with E-state index in [2.05, 4.69) is 28.6 Å². The van der Waals surface area contributed by atoms with Crippen LogP contribution >= 0.6 is 0 Å². The second-order valence-electron chi connectivity index (χ2n) is 8.32. The molecule has 0 unspecified atom stereocenters. The van der Waals surface area contributed by atoms with Gasteiger partial charge in [-0.05, 0) is 59.5 Å². The van der Waals surface area contributed by atoms with Gasteiger partial charge in [0.15, 0.2) is 0 Å². The monoisotopic (exact) mass is 348 g/mol. The summed E-state index contributed by atoms with van der Waals surface area (Å²) in [4.78, 5) is 21.4. The van der Waals surface area contributed by atoms with Crippen molar-refractivity contribution < 1.29 is 9.90 Å². The first-order chi connectivity index (χ1) is 11.8. The molecule has 140 valence electrons. The van der Waals surface area contributed by atoms with Gasteiger partial charge in [-0.3, -0.25) is 4.90 Å². The van der Waals surface area contributed by atoms with Crippen LogP contribution in [0.25, 0.3) is 0 Å². The molecule has 0 amide bonds. The lowest BCUT2D eigenvalue weighted by molar-refractivity contribution is -0.150. The molecule has 25 heavy (non-hydrogen) atoms. The van der Waals surface area contributed by atoms with Crippen molar-refractivity contribution in [2.75, 3.05) is 32.7 Å². The molecule has 2 fully saturated rings. The van der Waals surface area contributed by atoms with Gasteiger partial charge in [0.1, 0.15) is 11.4 Å². The predicted molar refractivity (Wildman–Crippen MR) is 97.8 cm³/mol. The summed E-state index contributed by atoms with van der Waals surface area (Å²) in [5, 5.41) is 9.93. The Bertz CT molecular complexity index is 596. The molecule has 1 N–H and O–H groups in total. The van der Waals surface area contributed by atoms with E-state index in [0.29, 0.717) is 12.8 Å². The fraction of sp³-hybridized carbons (Fsp3) is 0.789.